The van der Waals surface area contributed by atoms with E-state index in [1.807, 2.05) is 53.7 Å². The van der Waals surface area contributed by atoms with Crippen molar-refractivity contribution in [2.45, 2.75) is 112 Å². The highest BCUT2D eigenvalue weighted by Gasteiger charge is 2.64. The second kappa shape index (κ2) is 9.62. The first-order valence-corrected chi connectivity index (χ1v) is 14.2. The summed E-state index contributed by atoms with van der Waals surface area (Å²) in [5, 5.41) is 9.72. The molecule has 4 nitrogen and oxygen atoms in total. The summed E-state index contributed by atoms with van der Waals surface area (Å²) in [6.07, 6.45) is 12.3. The normalized spacial score (nSPS) is 43.1. The zero-order valence-electron chi connectivity index (χ0n) is 23.5. The largest absolute Gasteiger partial charge is 0.325 e. The van der Waals surface area contributed by atoms with Crippen molar-refractivity contribution in [2.75, 3.05) is 0 Å². The molecule has 7 unspecified atom stereocenters. The molecule has 5 rings (SSSR count). The van der Waals surface area contributed by atoms with Crippen molar-refractivity contribution >= 4 is 11.6 Å². The van der Waals surface area contributed by atoms with E-state index in [1.54, 1.807) is 0 Å². The molecule has 3 saturated carbocycles. The van der Waals surface area contributed by atoms with Crippen molar-refractivity contribution in [3.05, 3.63) is 23.3 Å². The Morgan fingerprint density at radius 1 is 0.914 bits per heavy atom. The Labute approximate surface area is 213 Å². The molecule has 0 aromatic carbocycles. The van der Waals surface area contributed by atoms with E-state index in [-0.39, 0.29) is 39.9 Å². The van der Waals surface area contributed by atoms with Gasteiger partial charge in [-0.05, 0) is 67.8 Å². The molecule has 0 heterocycles. The van der Waals surface area contributed by atoms with Crippen LogP contribution >= 0.6 is 0 Å². The molecule has 0 bridgehead atoms. The second-order valence-corrected chi connectivity index (χ2v) is 12.2. The maximum absolute atomic E-state index is 13.7. The summed E-state index contributed by atoms with van der Waals surface area (Å²) in [5.74, 6) is 0.960. The van der Waals surface area contributed by atoms with Gasteiger partial charge in [-0.15, -0.1) is 0 Å². The van der Waals surface area contributed by atoms with Crippen LogP contribution in [0.5, 0.6) is 0 Å². The van der Waals surface area contributed by atoms with E-state index in [2.05, 4.69) is 19.9 Å². The number of hydrogen-bond donors (Lipinski definition) is 1. The van der Waals surface area contributed by atoms with Gasteiger partial charge in [0.25, 0.3) is 0 Å². The lowest BCUT2D eigenvalue weighted by molar-refractivity contribution is -0.138. The molecule has 0 radical (unpaired) electrons. The van der Waals surface area contributed by atoms with Gasteiger partial charge in [0.1, 0.15) is 6.07 Å². The quantitative estimate of drug-likeness (QED) is 0.407. The molecule has 2 N–H and O–H groups in total. The summed E-state index contributed by atoms with van der Waals surface area (Å²) in [7, 11) is 0. The minimum absolute atomic E-state index is 0.0330. The van der Waals surface area contributed by atoms with Crippen LogP contribution in [0, 0.1) is 51.2 Å². The van der Waals surface area contributed by atoms with Crippen LogP contribution in [0.4, 0.5) is 0 Å². The third kappa shape index (κ3) is 3.88. The summed E-state index contributed by atoms with van der Waals surface area (Å²) in [6, 6.07) is 2.17. The number of hydrogen-bond acceptors (Lipinski definition) is 4. The van der Waals surface area contributed by atoms with Crippen molar-refractivity contribution < 1.29 is 9.59 Å². The first-order valence-electron chi connectivity index (χ1n) is 14.2. The monoisotopic (exact) mass is 480 g/mol. The van der Waals surface area contributed by atoms with Gasteiger partial charge in [0.2, 0.25) is 0 Å². The van der Waals surface area contributed by atoms with Crippen molar-refractivity contribution in [2.24, 2.45) is 45.7 Å². The Bertz CT molecular complexity index is 969. The number of Topliss-reactive ketones (excluding diaryl/α,β-unsaturated/α-hetero) is 1. The fourth-order valence-corrected chi connectivity index (χ4v) is 9.00. The van der Waals surface area contributed by atoms with Crippen molar-refractivity contribution in [1.82, 2.24) is 0 Å². The van der Waals surface area contributed by atoms with Crippen molar-refractivity contribution in [1.29, 1.82) is 5.26 Å². The molecule has 0 aliphatic heterocycles. The van der Waals surface area contributed by atoms with Crippen LogP contribution in [0.2, 0.25) is 0 Å². The lowest BCUT2D eigenvalue weighted by Crippen LogP contribution is -2.63. The molecule has 35 heavy (non-hydrogen) atoms. The molecule has 0 aromatic rings. The SMILES string of the molecule is CC.CC.CC1(C)C(=O)C(C#N)=CC2(C)C3=CC(=O)C4C5CCCCC5(N)CCC4C3(C)CCC12. The van der Waals surface area contributed by atoms with Crippen LogP contribution < -0.4 is 5.73 Å². The Kier molecular flexibility index (Phi) is 7.66. The number of nitrogens with two attached hydrogens (primary N) is 1. The van der Waals surface area contributed by atoms with Gasteiger partial charge in [-0.3, -0.25) is 9.59 Å². The molecule has 0 aromatic heterocycles. The average molecular weight is 481 g/mol. The van der Waals surface area contributed by atoms with E-state index >= 15 is 0 Å². The highest BCUT2D eigenvalue weighted by molar-refractivity contribution is 6.04. The van der Waals surface area contributed by atoms with Gasteiger partial charge in [0.15, 0.2) is 11.6 Å². The maximum atomic E-state index is 13.7. The van der Waals surface area contributed by atoms with Crippen molar-refractivity contribution in [3.63, 3.8) is 0 Å². The first-order chi connectivity index (χ1) is 16.5. The Hall–Kier alpha value is -1.73. The molecule has 0 saturated heterocycles. The number of fused-ring (bicyclic) bond motifs is 7. The van der Waals surface area contributed by atoms with E-state index in [0.717, 1.165) is 38.5 Å². The topological polar surface area (TPSA) is 84.0 Å². The van der Waals surface area contributed by atoms with E-state index in [4.69, 9.17) is 5.73 Å². The summed E-state index contributed by atoms with van der Waals surface area (Å²) < 4.78 is 0. The molecule has 194 valence electrons. The number of carbonyl (C=O) groups excluding carboxylic acids is 2. The summed E-state index contributed by atoms with van der Waals surface area (Å²) in [6.45, 7) is 16.5. The second-order valence-electron chi connectivity index (χ2n) is 12.2. The van der Waals surface area contributed by atoms with Crippen LogP contribution in [-0.4, -0.2) is 17.1 Å². The van der Waals surface area contributed by atoms with Crippen molar-refractivity contribution in [3.8, 4) is 6.07 Å². The standard InChI is InChI=1S/C27H36N2O2.2C2H6/c1-24(2)20-9-11-25(3)17-8-12-27(29)10-6-5-7-18(27)22(17)19(30)13-21(25)26(20,4)14-16(15-28)23(24)31;2*1-2/h13-14,17-18,20,22H,5-12,29H2,1-4H3;2*1-2H3. The number of rotatable bonds is 0. The lowest BCUT2D eigenvalue weighted by atomic mass is 9.40. The molecular formula is C31H48N2O2. The van der Waals surface area contributed by atoms with Crippen LogP contribution in [0.3, 0.4) is 0 Å². The number of nitriles is 1. The molecule has 4 heteroatoms. The van der Waals surface area contributed by atoms with Gasteiger partial charge < -0.3 is 5.73 Å². The zero-order chi connectivity index (χ0) is 26.4. The van der Waals surface area contributed by atoms with Crippen LogP contribution in [0.1, 0.15) is 107 Å². The van der Waals surface area contributed by atoms with Gasteiger partial charge in [0, 0.05) is 22.3 Å². The lowest BCUT2D eigenvalue weighted by Gasteiger charge is -2.64. The minimum atomic E-state index is -0.598. The average Bonchev–Trinajstić information content (AvgIpc) is 2.84. The Balaban J connectivity index is 0.000000815. The van der Waals surface area contributed by atoms with Crippen LogP contribution in [-0.2, 0) is 9.59 Å². The number of carbonyl (C=O) groups is 2. The summed E-state index contributed by atoms with van der Waals surface area (Å²) >= 11 is 0. The minimum Gasteiger partial charge on any atom is -0.325 e. The third-order valence-corrected chi connectivity index (χ3v) is 10.5. The van der Waals surface area contributed by atoms with Gasteiger partial charge in [-0.25, -0.2) is 0 Å². The van der Waals surface area contributed by atoms with Gasteiger partial charge in [-0.2, -0.15) is 5.26 Å². The third-order valence-electron chi connectivity index (χ3n) is 10.5. The molecule has 5 aliphatic rings. The van der Waals surface area contributed by atoms with Gasteiger partial charge >= 0.3 is 0 Å². The van der Waals surface area contributed by atoms with Crippen LogP contribution in [0.15, 0.2) is 23.3 Å². The number of allylic oxidation sites excluding steroid dienone is 4. The zero-order valence-corrected chi connectivity index (χ0v) is 23.5. The van der Waals surface area contributed by atoms with Gasteiger partial charge in [-0.1, -0.05) is 79.9 Å². The Morgan fingerprint density at radius 2 is 1.57 bits per heavy atom. The maximum Gasteiger partial charge on any atom is 0.178 e. The highest BCUT2D eigenvalue weighted by Crippen LogP contribution is 2.68. The number of nitrogens with zero attached hydrogens (tertiary/aromatic N) is 1. The van der Waals surface area contributed by atoms with Gasteiger partial charge in [0.05, 0.1) is 5.57 Å². The summed E-state index contributed by atoms with van der Waals surface area (Å²) in [5.41, 5.74) is 7.07. The predicted octanol–water partition coefficient (Wildman–Crippen LogP) is 6.94. The molecular weight excluding hydrogens is 432 g/mol. The fraction of sp³-hybridized carbons (Fsp3) is 0.774. The van der Waals surface area contributed by atoms with E-state index in [1.165, 1.54) is 18.4 Å². The van der Waals surface area contributed by atoms with E-state index < -0.39 is 10.8 Å². The first kappa shape index (κ1) is 27.9. The smallest absolute Gasteiger partial charge is 0.178 e. The molecule has 3 fully saturated rings. The van der Waals surface area contributed by atoms with E-state index in [9.17, 15) is 14.9 Å². The summed E-state index contributed by atoms with van der Waals surface area (Å²) in [4.78, 5) is 26.7. The molecule has 7 atom stereocenters. The highest BCUT2D eigenvalue weighted by atomic mass is 16.1. The molecule has 0 spiro atoms. The number of ketones is 2. The predicted molar refractivity (Wildman–Crippen MR) is 142 cm³/mol. The molecule has 0 amide bonds. The fourth-order valence-electron chi connectivity index (χ4n) is 9.00. The Morgan fingerprint density at radius 3 is 2.20 bits per heavy atom. The van der Waals surface area contributed by atoms with E-state index in [0.29, 0.717) is 11.8 Å². The molecule has 5 aliphatic carbocycles. The van der Waals surface area contributed by atoms with Crippen LogP contribution in [0.25, 0.3) is 0 Å².